The van der Waals surface area contributed by atoms with Crippen LogP contribution < -0.4 is 15.8 Å². The van der Waals surface area contributed by atoms with E-state index in [0.717, 1.165) is 5.75 Å². The van der Waals surface area contributed by atoms with Crippen LogP contribution in [-0.2, 0) is 14.8 Å². The molecule has 1 aromatic carbocycles. The largest absolute Gasteiger partial charge is 0.325 e. The first-order valence-corrected chi connectivity index (χ1v) is 8.87. The van der Waals surface area contributed by atoms with E-state index in [0.29, 0.717) is 12.1 Å². The van der Waals surface area contributed by atoms with Crippen molar-refractivity contribution in [3.05, 3.63) is 24.3 Å². The lowest BCUT2D eigenvalue weighted by Crippen LogP contribution is -2.36. The van der Waals surface area contributed by atoms with Crippen LogP contribution in [0.15, 0.2) is 29.2 Å². The highest BCUT2D eigenvalue weighted by Gasteiger charge is 2.15. The zero-order chi connectivity index (χ0) is 15.2. The Hall–Kier alpha value is -1.09. The summed E-state index contributed by atoms with van der Waals surface area (Å²) in [6.45, 7) is 0. The van der Waals surface area contributed by atoms with Crippen LogP contribution in [0.3, 0.4) is 0 Å². The molecule has 20 heavy (non-hydrogen) atoms. The molecule has 6 nitrogen and oxygen atoms in total. The van der Waals surface area contributed by atoms with Crippen molar-refractivity contribution < 1.29 is 13.2 Å². The number of hydrogen-bond acceptors (Lipinski definition) is 5. The number of carbonyl (C=O) groups is 1. The summed E-state index contributed by atoms with van der Waals surface area (Å²) in [5, 5.41) is 2.62. The summed E-state index contributed by atoms with van der Waals surface area (Å²) in [4.78, 5) is 11.9. The molecular formula is C12H19N3O3S2. The lowest BCUT2D eigenvalue weighted by Gasteiger charge is -2.12. The molecular weight excluding hydrogens is 298 g/mol. The van der Waals surface area contributed by atoms with E-state index in [1.165, 1.54) is 19.2 Å². The molecule has 0 spiro atoms. The van der Waals surface area contributed by atoms with Crippen LogP contribution in [0.25, 0.3) is 0 Å². The van der Waals surface area contributed by atoms with Crippen LogP contribution in [-0.4, -0.2) is 39.4 Å². The number of carbonyl (C=O) groups excluding carboxylic acids is 1. The fourth-order valence-electron chi connectivity index (χ4n) is 1.47. The van der Waals surface area contributed by atoms with E-state index >= 15 is 0 Å². The van der Waals surface area contributed by atoms with Gasteiger partial charge in [0.05, 0.1) is 10.9 Å². The molecule has 4 N–H and O–H groups in total. The minimum absolute atomic E-state index is 0.0930. The Bertz CT molecular complexity index is 561. The van der Waals surface area contributed by atoms with Crippen LogP contribution in [0, 0.1) is 0 Å². The van der Waals surface area contributed by atoms with E-state index in [1.54, 1.807) is 23.9 Å². The number of nitrogens with one attached hydrogen (secondary N) is 2. The molecule has 1 rings (SSSR count). The number of sulfonamides is 1. The Labute approximate surface area is 123 Å². The van der Waals surface area contributed by atoms with Crippen LogP contribution >= 0.6 is 11.8 Å². The maximum Gasteiger partial charge on any atom is 0.241 e. The van der Waals surface area contributed by atoms with Gasteiger partial charge < -0.3 is 11.1 Å². The number of amides is 1. The highest BCUT2D eigenvalue weighted by atomic mass is 32.2. The SMILES string of the molecule is CNS(=O)(=O)c1cccc(NC(=O)[C@H](N)CCSC)c1. The summed E-state index contributed by atoms with van der Waals surface area (Å²) in [7, 11) is -2.19. The van der Waals surface area contributed by atoms with Gasteiger partial charge in [0.1, 0.15) is 0 Å². The highest BCUT2D eigenvalue weighted by Crippen LogP contribution is 2.15. The first kappa shape index (κ1) is 17.0. The molecule has 1 atom stereocenters. The fourth-order valence-corrected chi connectivity index (χ4v) is 2.73. The summed E-state index contributed by atoms with van der Waals surface area (Å²) >= 11 is 1.61. The molecule has 8 heteroatoms. The first-order valence-electron chi connectivity index (χ1n) is 5.99. The maximum absolute atomic E-state index is 11.8. The second-order valence-electron chi connectivity index (χ2n) is 4.11. The van der Waals surface area contributed by atoms with Gasteiger partial charge in [0.25, 0.3) is 0 Å². The smallest absolute Gasteiger partial charge is 0.241 e. The van der Waals surface area contributed by atoms with Crippen molar-refractivity contribution >= 4 is 33.4 Å². The summed E-state index contributed by atoms with van der Waals surface area (Å²) in [6.07, 6.45) is 2.51. The van der Waals surface area contributed by atoms with Crippen molar-refractivity contribution in [1.29, 1.82) is 0 Å². The highest BCUT2D eigenvalue weighted by molar-refractivity contribution is 7.98. The second-order valence-corrected chi connectivity index (χ2v) is 6.98. The normalized spacial score (nSPS) is 12.9. The van der Waals surface area contributed by atoms with Gasteiger partial charge in [-0.25, -0.2) is 13.1 Å². The fraction of sp³-hybridized carbons (Fsp3) is 0.417. The number of benzene rings is 1. The molecule has 0 saturated carbocycles. The van der Waals surface area contributed by atoms with Gasteiger partial charge in [0, 0.05) is 5.69 Å². The van der Waals surface area contributed by atoms with Gasteiger partial charge in [0.2, 0.25) is 15.9 Å². The van der Waals surface area contributed by atoms with Crippen molar-refractivity contribution in [2.45, 2.75) is 17.4 Å². The number of anilines is 1. The van der Waals surface area contributed by atoms with Crippen molar-refractivity contribution in [3.63, 3.8) is 0 Å². The zero-order valence-electron chi connectivity index (χ0n) is 11.4. The van der Waals surface area contributed by atoms with Gasteiger partial charge in [-0.15, -0.1) is 0 Å². The number of rotatable bonds is 7. The van der Waals surface area contributed by atoms with Crippen molar-refractivity contribution in [2.75, 3.05) is 24.4 Å². The van der Waals surface area contributed by atoms with E-state index in [4.69, 9.17) is 5.73 Å². The third-order valence-corrected chi connectivity index (χ3v) is 4.71. The van der Waals surface area contributed by atoms with E-state index in [2.05, 4.69) is 10.0 Å². The molecule has 0 aliphatic rings. The van der Waals surface area contributed by atoms with Gasteiger partial charge in [0.15, 0.2) is 0 Å². The van der Waals surface area contributed by atoms with Gasteiger partial charge >= 0.3 is 0 Å². The van der Waals surface area contributed by atoms with Crippen LogP contribution in [0.5, 0.6) is 0 Å². The number of hydrogen-bond donors (Lipinski definition) is 3. The topological polar surface area (TPSA) is 101 Å². The van der Waals surface area contributed by atoms with E-state index < -0.39 is 16.1 Å². The monoisotopic (exact) mass is 317 g/mol. The molecule has 0 unspecified atom stereocenters. The zero-order valence-corrected chi connectivity index (χ0v) is 13.1. The Morgan fingerprint density at radius 3 is 2.75 bits per heavy atom. The summed E-state index contributed by atoms with van der Waals surface area (Å²) < 4.78 is 25.5. The predicted octanol–water partition coefficient (Wildman–Crippen LogP) is 0.614. The predicted molar refractivity (Wildman–Crippen MR) is 82.3 cm³/mol. The Morgan fingerprint density at radius 2 is 2.15 bits per heavy atom. The third kappa shape index (κ3) is 4.78. The maximum atomic E-state index is 11.8. The molecule has 0 radical (unpaired) electrons. The Balaban J connectivity index is 2.79. The molecule has 112 valence electrons. The van der Waals surface area contributed by atoms with E-state index in [-0.39, 0.29) is 10.8 Å². The molecule has 0 aliphatic heterocycles. The number of nitrogens with two attached hydrogens (primary N) is 1. The molecule has 1 aromatic rings. The minimum atomic E-state index is -3.53. The quantitative estimate of drug-likeness (QED) is 0.684. The summed E-state index contributed by atoms with van der Waals surface area (Å²) in [5.74, 6) is 0.473. The second kappa shape index (κ2) is 7.63. The Kier molecular flexibility index (Phi) is 6.47. The molecule has 0 aromatic heterocycles. The summed E-state index contributed by atoms with van der Waals surface area (Å²) in [5.41, 5.74) is 6.15. The van der Waals surface area contributed by atoms with Crippen molar-refractivity contribution in [1.82, 2.24) is 4.72 Å². The lowest BCUT2D eigenvalue weighted by atomic mass is 10.2. The van der Waals surface area contributed by atoms with Gasteiger partial charge in [-0.3, -0.25) is 4.79 Å². The van der Waals surface area contributed by atoms with Crippen molar-refractivity contribution in [3.8, 4) is 0 Å². The summed E-state index contributed by atoms with van der Waals surface area (Å²) in [6, 6.07) is 5.42. The first-order chi connectivity index (χ1) is 9.40. The van der Waals surface area contributed by atoms with Crippen LogP contribution in [0.1, 0.15) is 6.42 Å². The van der Waals surface area contributed by atoms with E-state index in [1.807, 2.05) is 6.26 Å². The standard InChI is InChI=1S/C12H19N3O3S2/c1-14-20(17,18)10-5-3-4-9(8-10)15-12(16)11(13)6-7-19-2/h3-5,8,11,14H,6-7,13H2,1-2H3,(H,15,16)/t11-/m1/s1. The third-order valence-electron chi connectivity index (χ3n) is 2.65. The number of thioether (sulfide) groups is 1. The Morgan fingerprint density at radius 1 is 1.45 bits per heavy atom. The molecule has 1 amide bonds. The van der Waals surface area contributed by atoms with Gasteiger partial charge in [-0.1, -0.05) is 6.07 Å². The average molecular weight is 317 g/mol. The lowest BCUT2D eigenvalue weighted by molar-refractivity contribution is -0.117. The van der Waals surface area contributed by atoms with Gasteiger partial charge in [-0.05, 0) is 43.7 Å². The van der Waals surface area contributed by atoms with Crippen LogP contribution in [0.4, 0.5) is 5.69 Å². The molecule has 0 aliphatic carbocycles. The minimum Gasteiger partial charge on any atom is -0.325 e. The molecule has 0 bridgehead atoms. The molecule has 0 saturated heterocycles. The van der Waals surface area contributed by atoms with Gasteiger partial charge in [-0.2, -0.15) is 11.8 Å². The average Bonchev–Trinajstić information content (AvgIpc) is 2.44. The van der Waals surface area contributed by atoms with Crippen LogP contribution in [0.2, 0.25) is 0 Å². The molecule has 0 heterocycles. The molecule has 0 fully saturated rings. The van der Waals surface area contributed by atoms with E-state index in [9.17, 15) is 13.2 Å². The van der Waals surface area contributed by atoms with Crippen molar-refractivity contribution in [2.24, 2.45) is 5.73 Å².